The van der Waals surface area contributed by atoms with E-state index in [1.165, 1.54) is 6.07 Å². The fourth-order valence-electron chi connectivity index (χ4n) is 2.87. The molecule has 27 heavy (non-hydrogen) atoms. The zero-order chi connectivity index (χ0) is 19.8. The lowest BCUT2D eigenvalue weighted by molar-refractivity contribution is -0.137. The van der Waals surface area contributed by atoms with Crippen molar-refractivity contribution in [1.29, 1.82) is 0 Å². The molecule has 3 nitrogen and oxygen atoms in total. The smallest absolute Gasteiger partial charge is 0.326 e. The third-order valence-electron chi connectivity index (χ3n) is 4.27. The van der Waals surface area contributed by atoms with Crippen LogP contribution < -0.4 is 0 Å². The lowest BCUT2D eigenvalue weighted by atomic mass is 10.1. The molecule has 0 spiro atoms. The Kier molecular flexibility index (Phi) is 5.70. The quantitative estimate of drug-likeness (QED) is 0.547. The van der Waals surface area contributed by atoms with Crippen molar-refractivity contribution in [1.82, 2.24) is 14.5 Å². The van der Waals surface area contributed by atoms with E-state index in [9.17, 15) is 13.2 Å². The Morgan fingerprint density at radius 1 is 1.04 bits per heavy atom. The third kappa shape index (κ3) is 4.57. The summed E-state index contributed by atoms with van der Waals surface area (Å²) >= 11 is 12.0. The molecule has 1 aromatic heterocycles. The van der Waals surface area contributed by atoms with Crippen LogP contribution in [-0.4, -0.2) is 35.1 Å². The number of imidazole rings is 1. The molecule has 0 aliphatic heterocycles. The fourth-order valence-corrected chi connectivity index (χ4v) is 3.19. The first-order valence-electron chi connectivity index (χ1n) is 8.30. The van der Waals surface area contributed by atoms with Crippen molar-refractivity contribution < 1.29 is 13.2 Å². The first-order valence-corrected chi connectivity index (χ1v) is 9.06. The predicted octanol–water partition coefficient (Wildman–Crippen LogP) is 5.51. The number of rotatable bonds is 5. The highest BCUT2D eigenvalue weighted by Gasteiger charge is 2.31. The lowest BCUT2D eigenvalue weighted by Crippen LogP contribution is -2.19. The van der Waals surface area contributed by atoms with Crippen LogP contribution in [0.25, 0.3) is 11.0 Å². The van der Waals surface area contributed by atoms with E-state index in [-0.39, 0.29) is 0 Å². The molecule has 0 aliphatic carbocycles. The Morgan fingerprint density at radius 3 is 2.41 bits per heavy atom. The van der Waals surface area contributed by atoms with E-state index in [4.69, 9.17) is 23.2 Å². The van der Waals surface area contributed by atoms with Crippen LogP contribution in [0.15, 0.2) is 36.4 Å². The number of hydrogen-bond acceptors (Lipinski definition) is 2. The Labute approximate surface area is 165 Å². The number of alkyl halides is 3. The van der Waals surface area contributed by atoms with E-state index in [1.807, 2.05) is 29.6 Å². The highest BCUT2D eigenvalue weighted by atomic mass is 35.5. The summed E-state index contributed by atoms with van der Waals surface area (Å²) in [7, 11) is 3.89. The normalized spacial score (nSPS) is 12.3. The van der Waals surface area contributed by atoms with E-state index in [0.29, 0.717) is 39.9 Å². The summed E-state index contributed by atoms with van der Waals surface area (Å²) in [5.74, 6) is 0.685. The average molecular weight is 416 g/mol. The van der Waals surface area contributed by atoms with Crippen LogP contribution in [0.4, 0.5) is 13.2 Å². The van der Waals surface area contributed by atoms with Crippen LogP contribution in [0.5, 0.6) is 0 Å². The van der Waals surface area contributed by atoms with Crippen LogP contribution in [0.3, 0.4) is 0 Å². The summed E-state index contributed by atoms with van der Waals surface area (Å²) in [6, 6.07) is 8.97. The van der Waals surface area contributed by atoms with Crippen LogP contribution in [-0.2, 0) is 19.1 Å². The first-order chi connectivity index (χ1) is 12.6. The highest BCUT2D eigenvalue weighted by Crippen LogP contribution is 2.32. The van der Waals surface area contributed by atoms with Crippen LogP contribution in [0.1, 0.15) is 17.0 Å². The molecular formula is C19H18Cl2F3N3. The fraction of sp³-hybridized carbons (Fsp3) is 0.316. The van der Waals surface area contributed by atoms with Gasteiger partial charge in [0, 0.05) is 19.5 Å². The maximum atomic E-state index is 13.0. The third-order valence-corrected chi connectivity index (χ3v) is 5.01. The van der Waals surface area contributed by atoms with E-state index in [0.717, 1.165) is 24.2 Å². The molecule has 0 saturated heterocycles. The maximum Gasteiger partial charge on any atom is 0.416 e. The molecule has 2 aromatic carbocycles. The van der Waals surface area contributed by atoms with Gasteiger partial charge in [0.1, 0.15) is 5.82 Å². The van der Waals surface area contributed by atoms with Gasteiger partial charge in [-0.2, -0.15) is 13.2 Å². The number of fused-ring (bicyclic) bond motifs is 1. The van der Waals surface area contributed by atoms with Gasteiger partial charge in [-0.15, -0.1) is 0 Å². The molecule has 0 bridgehead atoms. The van der Waals surface area contributed by atoms with Crippen molar-refractivity contribution in [2.75, 3.05) is 20.6 Å². The van der Waals surface area contributed by atoms with Crippen molar-refractivity contribution in [2.45, 2.75) is 19.1 Å². The van der Waals surface area contributed by atoms with Gasteiger partial charge < -0.3 is 9.47 Å². The molecule has 0 aliphatic rings. The van der Waals surface area contributed by atoms with Crippen molar-refractivity contribution >= 4 is 34.2 Å². The second-order valence-corrected chi connectivity index (χ2v) is 7.42. The number of likely N-dealkylation sites (N-methyl/N-ethyl adjacent to an activating group) is 1. The Morgan fingerprint density at radius 2 is 1.78 bits per heavy atom. The minimum absolute atomic E-state index is 0.332. The van der Waals surface area contributed by atoms with Crippen molar-refractivity contribution in [2.24, 2.45) is 0 Å². The molecule has 144 valence electrons. The molecule has 0 fully saturated rings. The standard InChI is InChI=1S/C19H18Cl2F3N3/c1-26(2)7-8-27-17-6-4-13(19(22,23)24)11-16(17)25-18(27)10-12-3-5-14(20)15(21)9-12/h3-6,9,11H,7-8,10H2,1-2H3. The van der Waals surface area contributed by atoms with E-state index < -0.39 is 11.7 Å². The molecule has 0 atom stereocenters. The summed E-state index contributed by atoms with van der Waals surface area (Å²) in [5.41, 5.74) is 1.20. The molecule has 3 rings (SSSR count). The molecule has 3 aromatic rings. The minimum atomic E-state index is -4.40. The summed E-state index contributed by atoms with van der Waals surface area (Å²) in [4.78, 5) is 6.49. The largest absolute Gasteiger partial charge is 0.416 e. The monoisotopic (exact) mass is 415 g/mol. The van der Waals surface area contributed by atoms with Crippen molar-refractivity contribution in [3.8, 4) is 0 Å². The van der Waals surface area contributed by atoms with E-state index in [1.54, 1.807) is 12.1 Å². The summed E-state index contributed by atoms with van der Waals surface area (Å²) in [6.45, 7) is 1.35. The Hall–Kier alpha value is -1.76. The first kappa shape index (κ1) is 20.0. The van der Waals surface area contributed by atoms with Gasteiger partial charge in [0.05, 0.1) is 26.6 Å². The number of benzene rings is 2. The Balaban J connectivity index is 2.05. The average Bonchev–Trinajstić information content (AvgIpc) is 2.91. The molecule has 0 unspecified atom stereocenters. The van der Waals surface area contributed by atoms with Crippen LogP contribution in [0, 0.1) is 0 Å². The van der Waals surface area contributed by atoms with Gasteiger partial charge in [0.25, 0.3) is 0 Å². The number of hydrogen-bond donors (Lipinski definition) is 0. The summed E-state index contributed by atoms with van der Waals surface area (Å²) in [5, 5.41) is 0.890. The van der Waals surface area contributed by atoms with Crippen LogP contribution in [0.2, 0.25) is 10.0 Å². The molecular weight excluding hydrogens is 398 g/mol. The molecule has 0 radical (unpaired) electrons. The molecule has 0 saturated carbocycles. The van der Waals surface area contributed by atoms with E-state index >= 15 is 0 Å². The topological polar surface area (TPSA) is 21.1 Å². The van der Waals surface area contributed by atoms with Crippen molar-refractivity contribution in [3.05, 3.63) is 63.4 Å². The van der Waals surface area contributed by atoms with Gasteiger partial charge in [-0.25, -0.2) is 4.98 Å². The van der Waals surface area contributed by atoms with Gasteiger partial charge in [-0.05, 0) is 50.0 Å². The summed E-state index contributed by atoms with van der Waals surface area (Å²) < 4.78 is 41.1. The number of aromatic nitrogens is 2. The predicted molar refractivity (Wildman–Crippen MR) is 103 cm³/mol. The van der Waals surface area contributed by atoms with Gasteiger partial charge in [0.2, 0.25) is 0 Å². The van der Waals surface area contributed by atoms with Crippen molar-refractivity contribution in [3.63, 3.8) is 0 Å². The van der Waals surface area contributed by atoms with Gasteiger partial charge in [0.15, 0.2) is 0 Å². The highest BCUT2D eigenvalue weighted by molar-refractivity contribution is 6.42. The molecule has 8 heteroatoms. The maximum absolute atomic E-state index is 13.0. The van der Waals surface area contributed by atoms with Gasteiger partial charge in [-0.3, -0.25) is 0 Å². The second-order valence-electron chi connectivity index (χ2n) is 6.61. The molecule has 0 amide bonds. The second kappa shape index (κ2) is 7.70. The molecule has 1 heterocycles. The van der Waals surface area contributed by atoms with Gasteiger partial charge >= 0.3 is 6.18 Å². The minimum Gasteiger partial charge on any atom is -0.326 e. The zero-order valence-corrected chi connectivity index (χ0v) is 16.3. The van der Waals surface area contributed by atoms with E-state index in [2.05, 4.69) is 4.98 Å². The lowest BCUT2D eigenvalue weighted by Gasteiger charge is -2.14. The van der Waals surface area contributed by atoms with Crippen LogP contribution >= 0.6 is 23.2 Å². The zero-order valence-electron chi connectivity index (χ0n) is 14.8. The number of halogens is 5. The molecule has 0 N–H and O–H groups in total. The number of nitrogens with zero attached hydrogens (tertiary/aromatic N) is 3. The SMILES string of the molecule is CN(C)CCn1c(Cc2ccc(Cl)c(Cl)c2)nc2cc(C(F)(F)F)ccc21. The Bertz CT molecular complexity index is 965. The van der Waals surface area contributed by atoms with Gasteiger partial charge in [-0.1, -0.05) is 29.3 Å². The summed E-state index contributed by atoms with van der Waals surface area (Å²) in [6.07, 6.45) is -3.95.